The van der Waals surface area contributed by atoms with Crippen molar-refractivity contribution in [3.8, 4) is 0 Å². The Kier molecular flexibility index (Phi) is 4.39. The van der Waals surface area contributed by atoms with Crippen LogP contribution in [0.25, 0.3) is 0 Å². The maximum atomic E-state index is 12.3. The van der Waals surface area contributed by atoms with Gasteiger partial charge in [0.15, 0.2) is 0 Å². The van der Waals surface area contributed by atoms with Gasteiger partial charge in [-0.15, -0.1) is 0 Å². The van der Waals surface area contributed by atoms with Gasteiger partial charge in [0, 0.05) is 19.8 Å². The quantitative estimate of drug-likeness (QED) is 0.882. The Balaban J connectivity index is 2.13. The largest absolute Gasteiger partial charge is 0.481 e. The molecule has 0 spiro atoms. The van der Waals surface area contributed by atoms with Crippen molar-refractivity contribution in [2.24, 2.45) is 17.3 Å². The summed E-state index contributed by atoms with van der Waals surface area (Å²) in [4.78, 5) is 36.7. The van der Waals surface area contributed by atoms with E-state index in [0.29, 0.717) is 11.3 Å². The molecule has 0 radical (unpaired) electrons. The average molecular weight is 339 g/mol. The predicted molar refractivity (Wildman–Crippen MR) is 86.5 cm³/mol. The Morgan fingerprint density at radius 2 is 1.83 bits per heavy atom. The lowest BCUT2D eigenvalue weighted by molar-refractivity contribution is -0.140. The number of carboxylic acid groups (broad SMARTS) is 1. The number of carboxylic acids is 1. The molecule has 0 saturated heterocycles. The molecular formula is C16H19ClN2O4. The monoisotopic (exact) mass is 338 g/mol. The highest BCUT2D eigenvalue weighted by Crippen LogP contribution is 2.58. The number of carbonyl (C=O) groups is 3. The molecule has 0 aliphatic heterocycles. The van der Waals surface area contributed by atoms with Gasteiger partial charge in [-0.2, -0.15) is 0 Å². The molecule has 0 unspecified atom stereocenters. The minimum absolute atomic E-state index is 0.228. The van der Waals surface area contributed by atoms with Crippen LogP contribution in [0.5, 0.6) is 0 Å². The number of hydrogen-bond acceptors (Lipinski definition) is 3. The third kappa shape index (κ3) is 3.17. The van der Waals surface area contributed by atoms with Crippen molar-refractivity contribution in [3.05, 3.63) is 28.8 Å². The summed E-state index contributed by atoms with van der Waals surface area (Å²) in [5, 5.41) is 12.0. The molecule has 7 heteroatoms. The summed E-state index contributed by atoms with van der Waals surface area (Å²) in [6.45, 7) is 3.50. The molecule has 0 heterocycles. The zero-order valence-electron chi connectivity index (χ0n) is 13.4. The second-order valence-electron chi connectivity index (χ2n) is 6.50. The van der Waals surface area contributed by atoms with E-state index in [-0.39, 0.29) is 16.8 Å². The fourth-order valence-corrected chi connectivity index (χ4v) is 3.08. The lowest BCUT2D eigenvalue weighted by atomic mass is 10.1. The summed E-state index contributed by atoms with van der Waals surface area (Å²) in [6.07, 6.45) is 0. The standard InChI is InChI=1S/C16H19ClN2O4/c1-16(2)11(12(16)15(22)23)13(20)18-8-5-6-9(10(17)7-8)14(21)19(3)4/h5-7,11-12H,1-4H3,(H,18,20)(H,22,23)/t11-,12-/m1/s1. The van der Waals surface area contributed by atoms with Crippen LogP contribution in [0, 0.1) is 17.3 Å². The van der Waals surface area contributed by atoms with E-state index in [1.54, 1.807) is 34.0 Å². The number of amides is 2. The smallest absolute Gasteiger partial charge is 0.307 e. The molecule has 2 amide bonds. The average Bonchev–Trinajstić information content (AvgIpc) is 3.01. The molecule has 1 fully saturated rings. The van der Waals surface area contributed by atoms with E-state index in [0.717, 1.165) is 0 Å². The molecule has 2 N–H and O–H groups in total. The van der Waals surface area contributed by atoms with E-state index in [9.17, 15) is 14.4 Å². The summed E-state index contributed by atoms with van der Waals surface area (Å²) in [6, 6.07) is 4.60. The van der Waals surface area contributed by atoms with Gasteiger partial charge in [0.2, 0.25) is 5.91 Å². The van der Waals surface area contributed by atoms with Crippen molar-refractivity contribution in [2.45, 2.75) is 13.8 Å². The first-order valence-electron chi connectivity index (χ1n) is 7.12. The summed E-state index contributed by atoms with van der Waals surface area (Å²) in [7, 11) is 3.24. The second kappa shape index (κ2) is 5.85. The number of benzene rings is 1. The van der Waals surface area contributed by atoms with E-state index >= 15 is 0 Å². The van der Waals surface area contributed by atoms with Gasteiger partial charge in [0.1, 0.15) is 0 Å². The number of aliphatic carboxylic acids is 1. The molecule has 1 aromatic rings. The van der Waals surface area contributed by atoms with Crippen molar-refractivity contribution >= 4 is 35.1 Å². The van der Waals surface area contributed by atoms with Gasteiger partial charge in [-0.25, -0.2) is 0 Å². The summed E-state index contributed by atoms with van der Waals surface area (Å²) < 4.78 is 0. The Labute approximate surface area is 139 Å². The second-order valence-corrected chi connectivity index (χ2v) is 6.91. The molecule has 23 heavy (non-hydrogen) atoms. The van der Waals surface area contributed by atoms with Crippen LogP contribution in [0.1, 0.15) is 24.2 Å². The highest BCUT2D eigenvalue weighted by Gasteiger charge is 2.65. The van der Waals surface area contributed by atoms with Gasteiger partial charge >= 0.3 is 5.97 Å². The molecule has 2 rings (SSSR count). The Morgan fingerprint density at radius 1 is 1.22 bits per heavy atom. The molecule has 6 nitrogen and oxygen atoms in total. The minimum Gasteiger partial charge on any atom is -0.481 e. The molecular weight excluding hydrogens is 320 g/mol. The number of rotatable bonds is 4. The summed E-state index contributed by atoms with van der Waals surface area (Å²) in [5.74, 6) is -2.83. The molecule has 1 aliphatic carbocycles. The van der Waals surface area contributed by atoms with E-state index in [1.165, 1.54) is 17.0 Å². The van der Waals surface area contributed by atoms with Crippen LogP contribution in [0.2, 0.25) is 5.02 Å². The van der Waals surface area contributed by atoms with Crippen molar-refractivity contribution in [1.82, 2.24) is 4.90 Å². The van der Waals surface area contributed by atoms with Gasteiger partial charge < -0.3 is 15.3 Å². The Hall–Kier alpha value is -2.08. The van der Waals surface area contributed by atoms with E-state index in [2.05, 4.69) is 5.32 Å². The third-order valence-corrected chi connectivity index (χ3v) is 4.56. The maximum absolute atomic E-state index is 12.3. The number of nitrogens with zero attached hydrogens (tertiary/aromatic N) is 1. The summed E-state index contributed by atoms with van der Waals surface area (Å²) >= 11 is 6.09. The first kappa shape index (κ1) is 17.3. The number of nitrogens with one attached hydrogen (secondary N) is 1. The highest BCUT2D eigenvalue weighted by molar-refractivity contribution is 6.34. The van der Waals surface area contributed by atoms with E-state index in [1.807, 2.05) is 0 Å². The predicted octanol–water partition coefficient (Wildman–Crippen LogP) is 2.34. The van der Waals surface area contributed by atoms with Crippen molar-refractivity contribution in [3.63, 3.8) is 0 Å². The van der Waals surface area contributed by atoms with Crippen LogP contribution in [-0.2, 0) is 9.59 Å². The SMILES string of the molecule is CN(C)C(=O)c1ccc(NC(=O)[C@H]2[C@H](C(=O)O)C2(C)C)cc1Cl. The van der Waals surface area contributed by atoms with Gasteiger partial charge in [0.05, 0.1) is 22.4 Å². The van der Waals surface area contributed by atoms with E-state index in [4.69, 9.17) is 16.7 Å². The molecule has 124 valence electrons. The van der Waals surface area contributed by atoms with Crippen molar-refractivity contribution < 1.29 is 19.5 Å². The normalized spacial score (nSPS) is 21.4. The summed E-state index contributed by atoms with van der Waals surface area (Å²) in [5.41, 5.74) is 0.201. The van der Waals surface area contributed by atoms with Crippen LogP contribution in [0.4, 0.5) is 5.69 Å². The fourth-order valence-electron chi connectivity index (χ4n) is 2.82. The molecule has 1 aliphatic rings. The van der Waals surface area contributed by atoms with E-state index < -0.39 is 23.2 Å². The van der Waals surface area contributed by atoms with Crippen LogP contribution in [0.3, 0.4) is 0 Å². The van der Waals surface area contributed by atoms with Crippen LogP contribution in [-0.4, -0.2) is 41.9 Å². The lowest BCUT2D eigenvalue weighted by Gasteiger charge is -2.13. The van der Waals surface area contributed by atoms with Crippen molar-refractivity contribution in [1.29, 1.82) is 0 Å². The van der Waals surface area contributed by atoms with Gasteiger partial charge in [-0.1, -0.05) is 25.4 Å². The van der Waals surface area contributed by atoms with Crippen LogP contribution in [0.15, 0.2) is 18.2 Å². The molecule has 0 bridgehead atoms. The van der Waals surface area contributed by atoms with Crippen molar-refractivity contribution in [2.75, 3.05) is 19.4 Å². The lowest BCUT2D eigenvalue weighted by Crippen LogP contribution is -2.22. The minimum atomic E-state index is -0.972. The number of halogens is 1. The Bertz CT molecular complexity index is 685. The third-order valence-electron chi connectivity index (χ3n) is 4.25. The molecule has 0 aromatic heterocycles. The number of carbonyl (C=O) groups excluding carboxylic acids is 2. The molecule has 1 aromatic carbocycles. The number of anilines is 1. The van der Waals surface area contributed by atoms with Crippen LogP contribution < -0.4 is 5.32 Å². The Morgan fingerprint density at radius 3 is 2.26 bits per heavy atom. The fraction of sp³-hybridized carbons (Fsp3) is 0.438. The first-order valence-corrected chi connectivity index (χ1v) is 7.50. The molecule has 2 atom stereocenters. The highest BCUT2D eigenvalue weighted by atomic mass is 35.5. The zero-order chi connectivity index (χ0) is 17.5. The molecule has 1 saturated carbocycles. The van der Waals surface area contributed by atoms with Gasteiger partial charge in [-0.05, 0) is 23.6 Å². The van der Waals surface area contributed by atoms with Gasteiger partial charge in [0.25, 0.3) is 5.91 Å². The first-order chi connectivity index (χ1) is 10.6. The van der Waals surface area contributed by atoms with Gasteiger partial charge in [-0.3, -0.25) is 14.4 Å². The topological polar surface area (TPSA) is 86.7 Å². The zero-order valence-corrected chi connectivity index (χ0v) is 14.1. The maximum Gasteiger partial charge on any atom is 0.307 e. The van der Waals surface area contributed by atoms with Crippen LogP contribution >= 0.6 is 11.6 Å². The number of hydrogen-bond donors (Lipinski definition) is 2.